The first kappa shape index (κ1) is 21.3. The zero-order valence-corrected chi connectivity index (χ0v) is 18.1. The third-order valence-corrected chi connectivity index (χ3v) is 9.94. The average molecular weight is 433 g/mol. The second-order valence-corrected chi connectivity index (χ2v) is 10.9. The van der Waals surface area contributed by atoms with Crippen molar-refractivity contribution in [2.24, 2.45) is 22.7 Å². The standard InChI is InChI=1S/C24H32O7/c1-21-8-5-14(25)11-23(21,29)9-6-16-18(21)19(27)20(28)22(2)15(7-10-24(16,22)30)13-3-4-17(26)31-12-13/h3-4,12,14-16,18-19,25,27,29-30H,5-11H2,1-2H3/t14-,15+,16+,18+,19-,21+,22-,23-,24-/m0/s1. The first-order valence-electron chi connectivity index (χ1n) is 11.4. The largest absolute Gasteiger partial charge is 0.431 e. The van der Waals surface area contributed by atoms with E-state index in [2.05, 4.69) is 0 Å². The average Bonchev–Trinajstić information content (AvgIpc) is 3.00. The Balaban J connectivity index is 1.60. The molecule has 0 amide bonds. The Morgan fingerprint density at radius 2 is 1.74 bits per heavy atom. The summed E-state index contributed by atoms with van der Waals surface area (Å²) in [6.07, 6.45) is 2.55. The summed E-state index contributed by atoms with van der Waals surface area (Å²) in [5.74, 6) is -1.68. The third-order valence-electron chi connectivity index (χ3n) is 9.94. The fraction of sp³-hybridized carbons (Fsp3) is 0.750. The van der Waals surface area contributed by atoms with Crippen LogP contribution in [0.5, 0.6) is 0 Å². The lowest BCUT2D eigenvalue weighted by Gasteiger charge is -2.66. The Hall–Kier alpha value is -1.54. The van der Waals surface area contributed by atoms with Crippen LogP contribution in [0.15, 0.2) is 27.6 Å². The van der Waals surface area contributed by atoms with Gasteiger partial charge in [-0.05, 0) is 63.0 Å². The van der Waals surface area contributed by atoms with Crippen molar-refractivity contribution in [3.8, 4) is 0 Å². The van der Waals surface area contributed by atoms with Gasteiger partial charge in [-0.15, -0.1) is 0 Å². The summed E-state index contributed by atoms with van der Waals surface area (Å²) in [6, 6.07) is 2.96. The number of carbonyl (C=O) groups is 1. The number of Topliss-reactive ketones (excluding diaryl/α,β-unsaturated/α-hetero) is 1. The van der Waals surface area contributed by atoms with Gasteiger partial charge in [0.25, 0.3) is 0 Å². The van der Waals surface area contributed by atoms with Crippen molar-refractivity contribution < 1.29 is 29.6 Å². The molecule has 5 rings (SSSR count). The number of aliphatic hydroxyl groups is 4. The van der Waals surface area contributed by atoms with E-state index in [0.717, 1.165) is 0 Å². The number of rotatable bonds is 1. The summed E-state index contributed by atoms with van der Waals surface area (Å²) < 4.78 is 5.04. The molecule has 0 radical (unpaired) electrons. The number of aliphatic hydroxyl groups excluding tert-OH is 2. The molecule has 0 aromatic carbocycles. The quantitative estimate of drug-likeness (QED) is 0.529. The lowest BCUT2D eigenvalue weighted by atomic mass is 9.41. The molecule has 0 spiro atoms. The van der Waals surface area contributed by atoms with Crippen LogP contribution < -0.4 is 5.63 Å². The monoisotopic (exact) mass is 432 g/mol. The van der Waals surface area contributed by atoms with Gasteiger partial charge in [0.05, 0.1) is 29.0 Å². The molecule has 0 saturated heterocycles. The Morgan fingerprint density at radius 3 is 2.42 bits per heavy atom. The smallest absolute Gasteiger partial charge is 0.335 e. The minimum atomic E-state index is -1.32. The van der Waals surface area contributed by atoms with E-state index >= 15 is 0 Å². The second kappa shape index (κ2) is 6.50. The van der Waals surface area contributed by atoms with Crippen LogP contribution in [0.2, 0.25) is 0 Å². The second-order valence-electron chi connectivity index (χ2n) is 10.9. The van der Waals surface area contributed by atoms with Gasteiger partial charge in [0, 0.05) is 29.7 Å². The van der Waals surface area contributed by atoms with Crippen LogP contribution in [-0.4, -0.2) is 49.6 Å². The number of hydrogen-bond donors (Lipinski definition) is 4. The van der Waals surface area contributed by atoms with Gasteiger partial charge in [-0.2, -0.15) is 0 Å². The number of fused-ring (bicyclic) bond motifs is 5. The first-order chi connectivity index (χ1) is 14.5. The van der Waals surface area contributed by atoms with Crippen molar-refractivity contribution in [3.05, 3.63) is 34.4 Å². The molecule has 4 fully saturated rings. The highest BCUT2D eigenvalue weighted by Crippen LogP contribution is 2.70. The Labute approximate surface area is 181 Å². The van der Waals surface area contributed by atoms with Crippen LogP contribution in [0, 0.1) is 22.7 Å². The minimum Gasteiger partial charge on any atom is -0.431 e. The lowest BCUT2D eigenvalue weighted by Crippen LogP contribution is -2.73. The van der Waals surface area contributed by atoms with E-state index in [-0.39, 0.29) is 18.3 Å². The molecule has 7 nitrogen and oxygen atoms in total. The summed E-state index contributed by atoms with van der Waals surface area (Å²) in [4.78, 5) is 25.2. The fourth-order valence-corrected chi connectivity index (χ4v) is 8.12. The topological polar surface area (TPSA) is 128 Å². The minimum absolute atomic E-state index is 0.231. The van der Waals surface area contributed by atoms with Gasteiger partial charge >= 0.3 is 5.63 Å². The van der Waals surface area contributed by atoms with Crippen molar-refractivity contribution in [2.75, 3.05) is 0 Å². The molecular formula is C24H32O7. The highest BCUT2D eigenvalue weighted by atomic mass is 16.4. The van der Waals surface area contributed by atoms with E-state index < -0.39 is 51.6 Å². The van der Waals surface area contributed by atoms with Crippen LogP contribution in [0.4, 0.5) is 0 Å². The van der Waals surface area contributed by atoms with Crippen LogP contribution in [0.25, 0.3) is 0 Å². The lowest BCUT2D eigenvalue weighted by molar-refractivity contribution is -0.265. The number of hydrogen-bond acceptors (Lipinski definition) is 7. The molecule has 0 bridgehead atoms. The summed E-state index contributed by atoms with van der Waals surface area (Å²) in [5, 5.41) is 45.2. The van der Waals surface area contributed by atoms with Gasteiger partial charge in [-0.3, -0.25) is 4.79 Å². The van der Waals surface area contributed by atoms with E-state index in [1.165, 1.54) is 12.3 Å². The predicted octanol–water partition coefficient (Wildman–Crippen LogP) is 1.51. The Bertz CT molecular complexity index is 952. The number of carbonyl (C=O) groups excluding carboxylic acids is 1. The van der Waals surface area contributed by atoms with Crippen LogP contribution >= 0.6 is 0 Å². The van der Waals surface area contributed by atoms with Gasteiger partial charge in [0.2, 0.25) is 0 Å². The summed E-state index contributed by atoms with van der Waals surface area (Å²) in [6.45, 7) is 3.65. The molecule has 1 aromatic rings. The Kier molecular flexibility index (Phi) is 4.47. The highest BCUT2D eigenvalue weighted by Gasteiger charge is 2.75. The number of ketones is 1. The first-order valence-corrected chi connectivity index (χ1v) is 11.4. The van der Waals surface area contributed by atoms with Gasteiger partial charge in [0.1, 0.15) is 6.10 Å². The maximum absolute atomic E-state index is 13.8. The Morgan fingerprint density at radius 1 is 1.00 bits per heavy atom. The fourth-order valence-electron chi connectivity index (χ4n) is 8.12. The summed E-state index contributed by atoms with van der Waals surface area (Å²) in [7, 11) is 0. The molecule has 31 heavy (non-hydrogen) atoms. The molecule has 0 aliphatic heterocycles. The predicted molar refractivity (Wildman–Crippen MR) is 110 cm³/mol. The molecule has 4 N–H and O–H groups in total. The maximum Gasteiger partial charge on any atom is 0.335 e. The van der Waals surface area contributed by atoms with E-state index in [0.29, 0.717) is 44.1 Å². The molecule has 4 aliphatic rings. The van der Waals surface area contributed by atoms with E-state index in [1.54, 1.807) is 13.0 Å². The van der Waals surface area contributed by atoms with Crippen molar-refractivity contribution in [1.82, 2.24) is 0 Å². The summed E-state index contributed by atoms with van der Waals surface area (Å²) in [5.41, 5.74) is -4.27. The maximum atomic E-state index is 13.8. The van der Waals surface area contributed by atoms with Crippen LogP contribution in [-0.2, 0) is 4.79 Å². The van der Waals surface area contributed by atoms with Crippen LogP contribution in [0.1, 0.15) is 70.3 Å². The molecule has 4 aliphatic carbocycles. The van der Waals surface area contributed by atoms with Crippen molar-refractivity contribution in [3.63, 3.8) is 0 Å². The molecule has 1 aromatic heterocycles. The normalized spacial score (nSPS) is 51.7. The van der Waals surface area contributed by atoms with Gasteiger partial charge in [-0.1, -0.05) is 6.92 Å². The molecule has 9 atom stereocenters. The van der Waals surface area contributed by atoms with E-state index in [4.69, 9.17) is 4.42 Å². The zero-order valence-electron chi connectivity index (χ0n) is 18.1. The molecule has 4 saturated carbocycles. The molecule has 7 heteroatoms. The van der Waals surface area contributed by atoms with Gasteiger partial charge in [0.15, 0.2) is 5.78 Å². The van der Waals surface area contributed by atoms with E-state index in [9.17, 15) is 30.0 Å². The van der Waals surface area contributed by atoms with Gasteiger partial charge in [-0.25, -0.2) is 4.79 Å². The third kappa shape index (κ3) is 2.49. The SMILES string of the molecule is C[C@]12CC[C@H](O)C[C@@]1(O)CC[C@@H]1[C@@H]2[C@H](O)C(=O)[C@]2(C)[C@@H](c3ccc(=O)oc3)CC[C@]12O. The van der Waals surface area contributed by atoms with Crippen molar-refractivity contribution in [1.29, 1.82) is 0 Å². The molecule has 0 unspecified atom stereocenters. The summed E-state index contributed by atoms with van der Waals surface area (Å²) >= 11 is 0. The molecule has 1 heterocycles. The highest BCUT2D eigenvalue weighted by molar-refractivity contribution is 5.93. The van der Waals surface area contributed by atoms with E-state index in [1.807, 2.05) is 6.92 Å². The molecule has 170 valence electrons. The van der Waals surface area contributed by atoms with Crippen molar-refractivity contribution in [2.45, 2.75) is 88.1 Å². The molecular weight excluding hydrogens is 400 g/mol. The van der Waals surface area contributed by atoms with Crippen molar-refractivity contribution >= 4 is 5.78 Å². The van der Waals surface area contributed by atoms with Gasteiger partial charge < -0.3 is 24.8 Å². The van der Waals surface area contributed by atoms with Crippen LogP contribution in [0.3, 0.4) is 0 Å². The zero-order chi connectivity index (χ0) is 22.4.